The molecule has 0 atom stereocenters. The van der Waals surface area contributed by atoms with E-state index in [9.17, 15) is 9.59 Å². The van der Waals surface area contributed by atoms with Crippen LogP contribution in [0.1, 0.15) is 21.0 Å². The minimum absolute atomic E-state index is 0.0634. The van der Waals surface area contributed by atoms with E-state index in [2.05, 4.69) is 36.0 Å². The van der Waals surface area contributed by atoms with Crippen LogP contribution in [0.3, 0.4) is 0 Å². The van der Waals surface area contributed by atoms with Crippen molar-refractivity contribution in [3.63, 3.8) is 0 Å². The minimum Gasteiger partial charge on any atom is -0.364 e. The molecule has 0 saturated carbocycles. The fraction of sp³-hybridized carbons (Fsp3) is 0. The van der Waals surface area contributed by atoms with Crippen molar-refractivity contribution in [3.05, 3.63) is 66.1 Å². The normalized spacial score (nSPS) is 10.6. The summed E-state index contributed by atoms with van der Waals surface area (Å²) in [6.45, 7) is 0. The first-order valence-corrected chi connectivity index (χ1v) is 8.09. The highest BCUT2D eigenvalue weighted by Gasteiger charge is 2.19. The van der Waals surface area contributed by atoms with E-state index in [1.807, 2.05) is 18.2 Å². The molecule has 1 aromatic carbocycles. The first-order chi connectivity index (χ1) is 13.6. The van der Waals surface area contributed by atoms with Crippen LogP contribution in [0.25, 0.3) is 17.2 Å². The number of aromatic amines is 1. The fourth-order valence-corrected chi connectivity index (χ4v) is 2.50. The van der Waals surface area contributed by atoms with Gasteiger partial charge in [0.1, 0.15) is 11.4 Å². The van der Waals surface area contributed by atoms with Gasteiger partial charge in [0.15, 0.2) is 5.69 Å². The number of hydrogen-bond acceptors (Lipinski definition) is 7. The molecule has 4 rings (SSSR count). The van der Waals surface area contributed by atoms with Gasteiger partial charge < -0.3 is 11.1 Å². The number of primary amides is 1. The summed E-state index contributed by atoms with van der Waals surface area (Å²) in [5.41, 5.74) is 6.70. The van der Waals surface area contributed by atoms with E-state index in [4.69, 9.17) is 5.73 Å². The van der Waals surface area contributed by atoms with Gasteiger partial charge in [0.2, 0.25) is 5.82 Å². The summed E-state index contributed by atoms with van der Waals surface area (Å²) in [6.07, 6.45) is 1.51. The van der Waals surface area contributed by atoms with Gasteiger partial charge in [-0.1, -0.05) is 24.3 Å². The number of pyridine rings is 1. The molecule has 0 aliphatic heterocycles. The maximum absolute atomic E-state index is 12.6. The molecule has 0 fully saturated rings. The first kappa shape index (κ1) is 17.0. The Labute approximate surface area is 157 Å². The third kappa shape index (κ3) is 3.31. The van der Waals surface area contributed by atoms with Crippen LogP contribution in [-0.2, 0) is 0 Å². The number of hydrogen-bond donors (Lipinski definition) is 3. The van der Waals surface area contributed by atoms with E-state index in [-0.39, 0.29) is 22.9 Å². The molecule has 3 heterocycles. The number of tetrazole rings is 1. The molecule has 2 amide bonds. The Hall–Kier alpha value is -4.41. The first-order valence-electron chi connectivity index (χ1n) is 8.09. The Morgan fingerprint density at radius 3 is 2.61 bits per heavy atom. The van der Waals surface area contributed by atoms with E-state index in [1.54, 1.807) is 24.3 Å². The van der Waals surface area contributed by atoms with Crippen molar-refractivity contribution in [2.75, 3.05) is 5.32 Å². The number of para-hydroxylation sites is 1. The number of H-pyrrole nitrogens is 1. The number of carbonyl (C=O) groups excluding carboxylic acids is 2. The number of amides is 2. The van der Waals surface area contributed by atoms with Crippen LogP contribution >= 0.6 is 0 Å². The third-order valence-electron chi connectivity index (χ3n) is 3.77. The standard InChI is InChI=1S/C17H13N9O2/c18-15(27)14-13(9-26(23-14)10-5-2-1-3-6-10)20-17(28)12-8-4-7-11(19-12)16-21-24-25-22-16/h1-9H,(H2,18,27)(H,20,28)(H,21,22,24,25). The van der Waals surface area contributed by atoms with Crippen LogP contribution in [0, 0.1) is 0 Å². The highest BCUT2D eigenvalue weighted by atomic mass is 16.2. The maximum Gasteiger partial charge on any atom is 0.274 e. The number of anilines is 1. The molecular weight excluding hydrogens is 362 g/mol. The molecule has 138 valence electrons. The molecule has 0 aliphatic rings. The van der Waals surface area contributed by atoms with Gasteiger partial charge in [0, 0.05) is 0 Å². The number of rotatable bonds is 5. The summed E-state index contributed by atoms with van der Waals surface area (Å²) in [5, 5.41) is 20.2. The van der Waals surface area contributed by atoms with Crippen molar-refractivity contribution in [2.45, 2.75) is 0 Å². The van der Waals surface area contributed by atoms with Crippen LogP contribution in [0.5, 0.6) is 0 Å². The second-order valence-electron chi connectivity index (χ2n) is 5.63. The SMILES string of the molecule is NC(=O)c1nn(-c2ccccc2)cc1NC(=O)c1cccc(-c2nn[nH]n2)n1. The lowest BCUT2D eigenvalue weighted by molar-refractivity contribution is 0.0996. The molecule has 4 aromatic rings. The number of nitrogens with zero attached hydrogens (tertiary/aromatic N) is 6. The minimum atomic E-state index is -0.765. The van der Waals surface area contributed by atoms with Crippen LogP contribution in [0.15, 0.2) is 54.7 Å². The number of nitrogens with two attached hydrogens (primary N) is 1. The molecule has 11 heteroatoms. The summed E-state index contributed by atoms with van der Waals surface area (Å²) in [6, 6.07) is 13.9. The van der Waals surface area contributed by atoms with Gasteiger partial charge >= 0.3 is 0 Å². The van der Waals surface area contributed by atoms with E-state index >= 15 is 0 Å². The number of nitrogens with one attached hydrogen (secondary N) is 2. The van der Waals surface area contributed by atoms with Gasteiger partial charge in [-0.05, 0) is 29.5 Å². The molecule has 0 spiro atoms. The van der Waals surface area contributed by atoms with E-state index < -0.39 is 11.8 Å². The Balaban J connectivity index is 1.64. The molecule has 28 heavy (non-hydrogen) atoms. The van der Waals surface area contributed by atoms with Crippen molar-refractivity contribution in [3.8, 4) is 17.2 Å². The third-order valence-corrected chi connectivity index (χ3v) is 3.77. The van der Waals surface area contributed by atoms with Crippen molar-refractivity contribution >= 4 is 17.5 Å². The number of carbonyl (C=O) groups is 2. The fourth-order valence-electron chi connectivity index (χ4n) is 2.50. The molecule has 0 unspecified atom stereocenters. The average Bonchev–Trinajstić information content (AvgIpc) is 3.39. The zero-order chi connectivity index (χ0) is 19.5. The Kier molecular flexibility index (Phi) is 4.30. The van der Waals surface area contributed by atoms with E-state index in [0.717, 1.165) is 0 Å². The van der Waals surface area contributed by atoms with Gasteiger partial charge in [0.05, 0.1) is 17.6 Å². The predicted molar refractivity (Wildman–Crippen MR) is 97.4 cm³/mol. The van der Waals surface area contributed by atoms with E-state index in [0.29, 0.717) is 11.4 Å². The molecule has 0 aliphatic carbocycles. The van der Waals surface area contributed by atoms with E-state index in [1.165, 1.54) is 16.9 Å². The van der Waals surface area contributed by atoms with Crippen LogP contribution < -0.4 is 11.1 Å². The van der Waals surface area contributed by atoms with Gasteiger partial charge in [-0.2, -0.15) is 10.3 Å². The molecule has 3 aromatic heterocycles. The van der Waals surface area contributed by atoms with Crippen LogP contribution in [0.4, 0.5) is 5.69 Å². The van der Waals surface area contributed by atoms with Gasteiger partial charge in [-0.15, -0.1) is 10.2 Å². The molecular formula is C17H13N9O2. The maximum atomic E-state index is 12.6. The van der Waals surface area contributed by atoms with Gasteiger partial charge in [-0.25, -0.2) is 9.67 Å². The van der Waals surface area contributed by atoms with Crippen LogP contribution in [0.2, 0.25) is 0 Å². The van der Waals surface area contributed by atoms with Crippen LogP contribution in [-0.4, -0.2) is 47.2 Å². The Bertz CT molecular complexity index is 1140. The van der Waals surface area contributed by atoms with Gasteiger partial charge in [-0.3, -0.25) is 9.59 Å². The van der Waals surface area contributed by atoms with Crippen molar-refractivity contribution in [2.24, 2.45) is 5.73 Å². The smallest absolute Gasteiger partial charge is 0.274 e. The largest absolute Gasteiger partial charge is 0.364 e. The van der Waals surface area contributed by atoms with Crippen molar-refractivity contribution in [1.82, 2.24) is 35.4 Å². The quantitative estimate of drug-likeness (QED) is 0.465. The summed E-state index contributed by atoms with van der Waals surface area (Å²) in [5.74, 6) is -1.05. The van der Waals surface area contributed by atoms with Gasteiger partial charge in [0.25, 0.3) is 11.8 Å². The number of aromatic nitrogens is 7. The lowest BCUT2D eigenvalue weighted by Gasteiger charge is -2.04. The summed E-state index contributed by atoms with van der Waals surface area (Å²) in [4.78, 5) is 28.6. The lowest BCUT2D eigenvalue weighted by Crippen LogP contribution is -2.18. The summed E-state index contributed by atoms with van der Waals surface area (Å²) < 4.78 is 1.46. The second kappa shape index (κ2) is 7.07. The summed E-state index contributed by atoms with van der Waals surface area (Å²) >= 11 is 0. The summed E-state index contributed by atoms with van der Waals surface area (Å²) in [7, 11) is 0. The lowest BCUT2D eigenvalue weighted by atomic mass is 10.2. The molecule has 11 nitrogen and oxygen atoms in total. The highest BCUT2D eigenvalue weighted by Crippen LogP contribution is 2.18. The topological polar surface area (TPSA) is 157 Å². The zero-order valence-electron chi connectivity index (χ0n) is 14.3. The molecule has 0 saturated heterocycles. The predicted octanol–water partition coefficient (Wildman–Crippen LogP) is 0.799. The number of benzene rings is 1. The molecule has 0 radical (unpaired) electrons. The molecule has 0 bridgehead atoms. The Morgan fingerprint density at radius 1 is 1.07 bits per heavy atom. The van der Waals surface area contributed by atoms with Crippen molar-refractivity contribution < 1.29 is 9.59 Å². The highest BCUT2D eigenvalue weighted by molar-refractivity contribution is 6.07. The molecule has 4 N–H and O–H groups in total. The Morgan fingerprint density at radius 2 is 1.89 bits per heavy atom. The second-order valence-corrected chi connectivity index (χ2v) is 5.63. The monoisotopic (exact) mass is 375 g/mol. The van der Waals surface area contributed by atoms with Crippen molar-refractivity contribution in [1.29, 1.82) is 0 Å². The average molecular weight is 375 g/mol. The zero-order valence-corrected chi connectivity index (χ0v) is 14.3.